The molecule has 6 heteroatoms. The molecule has 1 aromatic heterocycles. The molecule has 0 spiro atoms. The fraction of sp³-hybridized carbons (Fsp3) is 0.550. The number of rotatable bonds is 4. The predicted molar refractivity (Wildman–Crippen MR) is 100 cm³/mol. The van der Waals surface area contributed by atoms with Crippen molar-refractivity contribution in [3.63, 3.8) is 0 Å². The highest BCUT2D eigenvalue weighted by Gasteiger charge is 2.37. The highest BCUT2D eigenvalue weighted by molar-refractivity contribution is 5.98. The van der Waals surface area contributed by atoms with Gasteiger partial charge in [0.25, 0.3) is 5.91 Å². The van der Waals surface area contributed by atoms with Crippen LogP contribution in [0.15, 0.2) is 30.3 Å². The first kappa shape index (κ1) is 17.5. The zero-order chi connectivity index (χ0) is 18.1. The van der Waals surface area contributed by atoms with Gasteiger partial charge in [-0.05, 0) is 18.1 Å². The summed E-state index contributed by atoms with van der Waals surface area (Å²) in [5.74, 6) is 0.528. The largest absolute Gasteiger partial charge is 0.396 e. The molecule has 26 heavy (non-hydrogen) atoms. The molecule has 2 atom stereocenters. The fourth-order valence-electron chi connectivity index (χ4n) is 4.29. The monoisotopic (exact) mass is 357 g/mol. The number of carbonyl (C=O) groups excluding carboxylic acids is 1. The van der Waals surface area contributed by atoms with Gasteiger partial charge in [-0.15, -0.1) is 0 Å². The molecule has 3 heterocycles. The minimum Gasteiger partial charge on any atom is -0.396 e. The van der Waals surface area contributed by atoms with Crippen LogP contribution in [0.1, 0.15) is 10.5 Å². The van der Waals surface area contributed by atoms with Crippen LogP contribution in [0.3, 0.4) is 0 Å². The first-order valence-electron chi connectivity index (χ1n) is 9.42. The van der Waals surface area contributed by atoms with Crippen molar-refractivity contribution in [1.82, 2.24) is 14.4 Å². The maximum absolute atomic E-state index is 13.1. The van der Waals surface area contributed by atoms with Crippen LogP contribution in [0.25, 0.3) is 10.9 Å². The van der Waals surface area contributed by atoms with Crippen molar-refractivity contribution < 1.29 is 14.6 Å². The lowest BCUT2D eigenvalue weighted by Gasteiger charge is -2.30. The number of aliphatic hydroxyl groups excluding tert-OH is 1. The van der Waals surface area contributed by atoms with Gasteiger partial charge in [-0.25, -0.2) is 0 Å². The zero-order valence-corrected chi connectivity index (χ0v) is 15.3. The molecule has 140 valence electrons. The Morgan fingerprint density at radius 2 is 1.92 bits per heavy atom. The number of para-hydroxylation sites is 1. The summed E-state index contributed by atoms with van der Waals surface area (Å²) in [5.41, 5.74) is 1.79. The van der Waals surface area contributed by atoms with E-state index in [9.17, 15) is 9.90 Å². The molecule has 0 aliphatic carbocycles. The Bertz CT molecular complexity index is 782. The van der Waals surface area contributed by atoms with Crippen LogP contribution >= 0.6 is 0 Å². The number of benzene rings is 1. The van der Waals surface area contributed by atoms with Crippen LogP contribution in [0.2, 0.25) is 0 Å². The van der Waals surface area contributed by atoms with Crippen molar-refractivity contribution in [2.75, 3.05) is 52.5 Å². The second-order valence-electron chi connectivity index (χ2n) is 7.47. The number of hydrogen-bond donors (Lipinski definition) is 1. The Morgan fingerprint density at radius 3 is 2.65 bits per heavy atom. The second kappa shape index (κ2) is 7.39. The minimum atomic E-state index is 0.0617. The third-order valence-electron chi connectivity index (χ3n) is 5.87. The number of aliphatic hydroxyl groups is 1. The van der Waals surface area contributed by atoms with Crippen LogP contribution in [-0.4, -0.2) is 77.9 Å². The van der Waals surface area contributed by atoms with Gasteiger partial charge >= 0.3 is 0 Å². The second-order valence-corrected chi connectivity index (χ2v) is 7.47. The summed E-state index contributed by atoms with van der Waals surface area (Å²) in [6, 6.07) is 10.0. The van der Waals surface area contributed by atoms with E-state index in [4.69, 9.17) is 4.74 Å². The van der Waals surface area contributed by atoms with E-state index in [0.29, 0.717) is 19.0 Å². The molecule has 1 N–H and O–H groups in total. The quantitative estimate of drug-likeness (QED) is 0.893. The van der Waals surface area contributed by atoms with Crippen LogP contribution in [-0.2, 0) is 11.8 Å². The van der Waals surface area contributed by atoms with E-state index in [1.54, 1.807) is 0 Å². The lowest BCUT2D eigenvalue weighted by atomic mass is 9.96. The molecule has 0 radical (unpaired) electrons. The SMILES string of the molecule is Cn1c(C(=O)N2C[C@@H](CN3CCOCC3)[C@@H](CO)C2)cc2ccccc21. The number of morpholine rings is 1. The Morgan fingerprint density at radius 1 is 1.19 bits per heavy atom. The summed E-state index contributed by atoms with van der Waals surface area (Å²) in [7, 11) is 1.94. The molecule has 2 aliphatic heterocycles. The molecular weight excluding hydrogens is 330 g/mol. The van der Waals surface area contributed by atoms with Crippen LogP contribution in [0.4, 0.5) is 0 Å². The zero-order valence-electron chi connectivity index (χ0n) is 15.3. The third-order valence-corrected chi connectivity index (χ3v) is 5.87. The summed E-state index contributed by atoms with van der Waals surface area (Å²) >= 11 is 0. The van der Waals surface area contributed by atoms with E-state index >= 15 is 0 Å². The predicted octanol–water partition coefficient (Wildman–Crippen LogP) is 1.19. The van der Waals surface area contributed by atoms with Crippen LogP contribution in [0.5, 0.6) is 0 Å². The highest BCUT2D eigenvalue weighted by atomic mass is 16.5. The topological polar surface area (TPSA) is 57.9 Å². The molecule has 0 unspecified atom stereocenters. The van der Waals surface area contributed by atoms with E-state index in [1.165, 1.54) is 0 Å². The molecule has 1 amide bonds. The number of ether oxygens (including phenoxy) is 1. The number of amides is 1. The summed E-state index contributed by atoms with van der Waals surface area (Å²) in [6.07, 6.45) is 0. The number of fused-ring (bicyclic) bond motifs is 1. The van der Waals surface area contributed by atoms with E-state index in [-0.39, 0.29) is 18.4 Å². The first-order valence-corrected chi connectivity index (χ1v) is 9.42. The van der Waals surface area contributed by atoms with Gasteiger partial charge < -0.3 is 19.3 Å². The molecule has 6 nitrogen and oxygen atoms in total. The third kappa shape index (κ3) is 3.24. The van der Waals surface area contributed by atoms with E-state index in [0.717, 1.165) is 49.4 Å². The van der Waals surface area contributed by atoms with Crippen molar-refractivity contribution in [3.8, 4) is 0 Å². The van der Waals surface area contributed by atoms with Crippen molar-refractivity contribution in [1.29, 1.82) is 0 Å². The molecule has 0 saturated carbocycles. The Balaban J connectivity index is 1.50. The Labute approximate surface area is 153 Å². The average molecular weight is 357 g/mol. The number of carbonyl (C=O) groups is 1. The van der Waals surface area contributed by atoms with Gasteiger partial charge in [-0.2, -0.15) is 0 Å². The van der Waals surface area contributed by atoms with Gasteiger partial charge in [-0.3, -0.25) is 9.69 Å². The Kier molecular flexibility index (Phi) is 4.98. The normalized spacial score (nSPS) is 24.5. The maximum atomic E-state index is 13.1. The summed E-state index contributed by atoms with van der Waals surface area (Å²) < 4.78 is 7.39. The molecular formula is C20H27N3O3. The highest BCUT2D eigenvalue weighted by Crippen LogP contribution is 2.27. The van der Waals surface area contributed by atoms with Gasteiger partial charge in [-0.1, -0.05) is 18.2 Å². The van der Waals surface area contributed by atoms with Crippen LogP contribution in [0, 0.1) is 11.8 Å². The number of aryl methyl sites for hydroxylation is 1. The summed E-state index contributed by atoms with van der Waals surface area (Å²) in [5, 5.41) is 10.9. The number of aromatic nitrogens is 1. The van der Waals surface area contributed by atoms with E-state index in [1.807, 2.05) is 46.8 Å². The van der Waals surface area contributed by atoms with Crippen molar-refractivity contribution >= 4 is 16.8 Å². The number of nitrogens with zero attached hydrogens (tertiary/aromatic N) is 3. The van der Waals surface area contributed by atoms with Gasteiger partial charge in [0.2, 0.25) is 0 Å². The number of hydrogen-bond acceptors (Lipinski definition) is 4. The summed E-state index contributed by atoms with van der Waals surface area (Å²) in [6.45, 7) is 5.82. The molecule has 2 aliphatic rings. The molecule has 2 saturated heterocycles. The van der Waals surface area contributed by atoms with Gasteiger partial charge in [0.1, 0.15) is 5.69 Å². The van der Waals surface area contributed by atoms with Gasteiger partial charge in [0.15, 0.2) is 0 Å². The maximum Gasteiger partial charge on any atom is 0.270 e. The summed E-state index contributed by atoms with van der Waals surface area (Å²) in [4.78, 5) is 17.4. The number of likely N-dealkylation sites (tertiary alicyclic amines) is 1. The van der Waals surface area contributed by atoms with E-state index < -0.39 is 0 Å². The average Bonchev–Trinajstić information content (AvgIpc) is 3.23. The fourth-order valence-corrected chi connectivity index (χ4v) is 4.29. The lowest BCUT2D eigenvalue weighted by Crippen LogP contribution is -2.41. The first-order chi connectivity index (χ1) is 12.7. The van der Waals surface area contributed by atoms with Crippen molar-refractivity contribution in [2.24, 2.45) is 18.9 Å². The smallest absolute Gasteiger partial charge is 0.270 e. The lowest BCUT2D eigenvalue weighted by molar-refractivity contribution is 0.0264. The molecule has 1 aromatic carbocycles. The standard InChI is InChI=1S/C20H27N3O3/c1-21-18-5-3-2-4-15(18)10-19(21)20(25)23-12-16(17(13-23)14-24)11-22-6-8-26-9-7-22/h2-5,10,16-17,24H,6-9,11-14H2,1H3/t16-,17-/m1/s1. The minimum absolute atomic E-state index is 0.0617. The van der Waals surface area contributed by atoms with Gasteiger partial charge in [0, 0.05) is 63.2 Å². The molecule has 2 fully saturated rings. The van der Waals surface area contributed by atoms with E-state index in [2.05, 4.69) is 4.90 Å². The van der Waals surface area contributed by atoms with Crippen molar-refractivity contribution in [2.45, 2.75) is 0 Å². The van der Waals surface area contributed by atoms with Crippen LogP contribution < -0.4 is 0 Å². The van der Waals surface area contributed by atoms with Crippen molar-refractivity contribution in [3.05, 3.63) is 36.0 Å². The molecule has 2 aromatic rings. The Hall–Kier alpha value is -1.89. The molecule has 0 bridgehead atoms. The molecule has 4 rings (SSSR count). The van der Waals surface area contributed by atoms with Gasteiger partial charge in [0.05, 0.1) is 13.2 Å².